The molecule has 0 heterocycles. The van der Waals surface area contributed by atoms with E-state index in [1.54, 1.807) is 0 Å². The van der Waals surface area contributed by atoms with Gasteiger partial charge in [-0.15, -0.1) is 0 Å². The smallest absolute Gasteiger partial charge is 0.306 e. The molecule has 0 aromatic heterocycles. The fourth-order valence-corrected chi connectivity index (χ4v) is 1.59. The summed E-state index contributed by atoms with van der Waals surface area (Å²) < 4.78 is 24.3. The summed E-state index contributed by atoms with van der Waals surface area (Å²) in [6.45, 7) is 0. The van der Waals surface area contributed by atoms with Gasteiger partial charge in [-0.05, 0) is 12.8 Å². The van der Waals surface area contributed by atoms with Crippen LogP contribution in [-0.2, 0) is 4.79 Å². The van der Waals surface area contributed by atoms with Gasteiger partial charge in [0.15, 0.2) is 0 Å². The Morgan fingerprint density at radius 1 is 1.50 bits per heavy atom. The Balaban J connectivity index is 2.56. The van der Waals surface area contributed by atoms with Gasteiger partial charge in [0.1, 0.15) is 0 Å². The van der Waals surface area contributed by atoms with Gasteiger partial charge in [0.2, 0.25) is 6.43 Å². The number of rotatable bonds is 2. The zero-order valence-electron chi connectivity index (χ0n) is 6.41. The molecule has 0 saturated heterocycles. The maximum absolute atomic E-state index is 12.2. The summed E-state index contributed by atoms with van der Waals surface area (Å²) in [7, 11) is 0. The first-order valence-electron chi connectivity index (χ1n) is 3.79. The normalized spacial score (nSPS) is 35.8. The first-order chi connectivity index (χ1) is 5.52. The zero-order valence-corrected chi connectivity index (χ0v) is 6.41. The minimum atomic E-state index is -2.50. The van der Waals surface area contributed by atoms with Crippen molar-refractivity contribution in [3.63, 3.8) is 0 Å². The van der Waals surface area contributed by atoms with Crippen LogP contribution in [0.5, 0.6) is 0 Å². The van der Waals surface area contributed by atoms with Gasteiger partial charge in [0.25, 0.3) is 0 Å². The van der Waals surface area contributed by atoms with Crippen molar-refractivity contribution in [1.82, 2.24) is 0 Å². The Morgan fingerprint density at radius 2 is 2.08 bits per heavy atom. The summed E-state index contributed by atoms with van der Waals surface area (Å²) in [5, 5.41) is 8.53. The van der Waals surface area contributed by atoms with Gasteiger partial charge in [-0.3, -0.25) is 4.79 Å². The lowest BCUT2D eigenvalue weighted by atomic mass is 10.0. The van der Waals surface area contributed by atoms with Gasteiger partial charge < -0.3 is 10.8 Å². The minimum absolute atomic E-state index is 0.00810. The number of aliphatic carboxylic acids is 1. The summed E-state index contributed by atoms with van der Waals surface area (Å²) in [6, 6.07) is -0.661. The van der Waals surface area contributed by atoms with Crippen molar-refractivity contribution in [3.8, 4) is 0 Å². The van der Waals surface area contributed by atoms with Crippen LogP contribution in [0.1, 0.15) is 12.8 Å². The maximum Gasteiger partial charge on any atom is 0.306 e. The molecule has 3 nitrogen and oxygen atoms in total. The molecule has 12 heavy (non-hydrogen) atoms. The molecule has 0 radical (unpaired) electrons. The van der Waals surface area contributed by atoms with Crippen molar-refractivity contribution in [2.75, 3.05) is 0 Å². The van der Waals surface area contributed by atoms with Crippen LogP contribution in [0, 0.1) is 11.8 Å². The highest BCUT2D eigenvalue weighted by atomic mass is 19.3. The SMILES string of the molecule is N[C@H]1C[C@@H](C(=O)O)C[C@H]1C(F)F. The fourth-order valence-electron chi connectivity index (χ4n) is 1.59. The van der Waals surface area contributed by atoms with Crippen molar-refractivity contribution in [1.29, 1.82) is 0 Å². The quantitative estimate of drug-likeness (QED) is 0.655. The maximum atomic E-state index is 12.2. The predicted octanol–water partition coefficient (Wildman–Crippen LogP) is 0.690. The van der Waals surface area contributed by atoms with E-state index in [1.165, 1.54) is 0 Å². The van der Waals surface area contributed by atoms with Crippen LogP contribution in [-0.4, -0.2) is 23.5 Å². The molecule has 1 fully saturated rings. The molecule has 1 aliphatic rings. The summed E-state index contributed by atoms with van der Waals surface area (Å²) in [6.07, 6.45) is -2.32. The van der Waals surface area contributed by atoms with E-state index in [4.69, 9.17) is 10.8 Å². The molecule has 1 rings (SSSR count). The molecular formula is C7H11F2NO2. The molecule has 0 amide bonds. The Labute approximate surface area is 68.5 Å². The molecule has 70 valence electrons. The second-order valence-corrected chi connectivity index (χ2v) is 3.17. The highest BCUT2D eigenvalue weighted by Crippen LogP contribution is 2.34. The van der Waals surface area contributed by atoms with Crippen LogP contribution in [0.4, 0.5) is 8.78 Å². The second-order valence-electron chi connectivity index (χ2n) is 3.17. The van der Waals surface area contributed by atoms with Gasteiger partial charge in [-0.2, -0.15) is 0 Å². The topological polar surface area (TPSA) is 63.3 Å². The third-order valence-electron chi connectivity index (χ3n) is 2.34. The van der Waals surface area contributed by atoms with Gasteiger partial charge in [0, 0.05) is 12.0 Å². The van der Waals surface area contributed by atoms with E-state index in [0.717, 1.165) is 0 Å². The number of alkyl halides is 2. The van der Waals surface area contributed by atoms with Gasteiger partial charge in [0.05, 0.1) is 5.92 Å². The van der Waals surface area contributed by atoms with Crippen LogP contribution in [0.25, 0.3) is 0 Å². The first kappa shape index (κ1) is 9.38. The van der Waals surface area contributed by atoms with Gasteiger partial charge in [-0.25, -0.2) is 8.78 Å². The number of hydrogen-bond donors (Lipinski definition) is 2. The summed E-state index contributed by atoms with van der Waals surface area (Å²) >= 11 is 0. The average molecular weight is 179 g/mol. The molecule has 0 aromatic carbocycles. The van der Waals surface area contributed by atoms with E-state index in [0.29, 0.717) is 0 Å². The van der Waals surface area contributed by atoms with Crippen molar-refractivity contribution in [2.24, 2.45) is 17.6 Å². The monoisotopic (exact) mass is 179 g/mol. The molecule has 0 bridgehead atoms. The van der Waals surface area contributed by atoms with E-state index in [9.17, 15) is 13.6 Å². The molecule has 3 N–H and O–H groups in total. The van der Waals surface area contributed by atoms with Crippen LogP contribution in [0.2, 0.25) is 0 Å². The third-order valence-corrected chi connectivity index (χ3v) is 2.34. The van der Waals surface area contributed by atoms with Crippen LogP contribution in [0.3, 0.4) is 0 Å². The van der Waals surface area contributed by atoms with E-state index in [-0.39, 0.29) is 12.8 Å². The molecule has 1 aliphatic carbocycles. The standard InChI is InChI=1S/C7H11F2NO2/c8-6(9)4-1-3(7(11)12)2-5(4)10/h3-6H,1-2,10H2,(H,11,12)/t3-,4+,5-/m0/s1. The number of halogens is 2. The summed E-state index contributed by atoms with van der Waals surface area (Å²) in [5.74, 6) is -2.64. The fraction of sp³-hybridized carbons (Fsp3) is 0.857. The minimum Gasteiger partial charge on any atom is -0.481 e. The molecule has 0 aliphatic heterocycles. The molecule has 0 spiro atoms. The second kappa shape index (κ2) is 3.35. The molecule has 3 atom stereocenters. The molecule has 5 heteroatoms. The highest BCUT2D eigenvalue weighted by Gasteiger charge is 2.40. The molecular weight excluding hydrogens is 168 g/mol. The largest absolute Gasteiger partial charge is 0.481 e. The Kier molecular flexibility index (Phi) is 2.62. The molecule has 0 aromatic rings. The number of carbonyl (C=O) groups is 1. The van der Waals surface area contributed by atoms with Crippen molar-refractivity contribution in [2.45, 2.75) is 25.3 Å². The lowest BCUT2D eigenvalue weighted by Gasteiger charge is -2.12. The van der Waals surface area contributed by atoms with Gasteiger partial charge in [-0.1, -0.05) is 0 Å². The van der Waals surface area contributed by atoms with Crippen molar-refractivity contribution in [3.05, 3.63) is 0 Å². The van der Waals surface area contributed by atoms with Crippen LogP contribution < -0.4 is 5.73 Å². The van der Waals surface area contributed by atoms with E-state index in [2.05, 4.69) is 0 Å². The van der Waals surface area contributed by atoms with Crippen LogP contribution in [0.15, 0.2) is 0 Å². The highest BCUT2D eigenvalue weighted by molar-refractivity contribution is 5.70. The zero-order chi connectivity index (χ0) is 9.30. The lowest BCUT2D eigenvalue weighted by molar-refractivity contribution is -0.141. The molecule has 1 saturated carbocycles. The predicted molar refractivity (Wildman–Crippen MR) is 37.8 cm³/mol. The van der Waals surface area contributed by atoms with E-state index >= 15 is 0 Å². The van der Waals surface area contributed by atoms with E-state index in [1.807, 2.05) is 0 Å². The van der Waals surface area contributed by atoms with E-state index < -0.39 is 30.3 Å². The number of nitrogens with two attached hydrogens (primary N) is 1. The number of carboxylic acid groups (broad SMARTS) is 1. The summed E-state index contributed by atoms with van der Waals surface area (Å²) in [4.78, 5) is 10.4. The Bertz CT molecular complexity index is 186. The van der Waals surface area contributed by atoms with Crippen molar-refractivity contribution >= 4 is 5.97 Å². The summed E-state index contributed by atoms with van der Waals surface area (Å²) in [5.41, 5.74) is 5.36. The van der Waals surface area contributed by atoms with Gasteiger partial charge >= 0.3 is 5.97 Å². The van der Waals surface area contributed by atoms with Crippen molar-refractivity contribution < 1.29 is 18.7 Å². The van der Waals surface area contributed by atoms with Crippen LogP contribution >= 0.6 is 0 Å². The molecule has 0 unspecified atom stereocenters. The first-order valence-corrected chi connectivity index (χ1v) is 3.79. The number of hydrogen-bond acceptors (Lipinski definition) is 2. The Morgan fingerprint density at radius 3 is 2.33 bits per heavy atom. The number of carboxylic acids is 1. The average Bonchev–Trinajstić information content (AvgIpc) is 2.30. The Hall–Kier alpha value is -0.710. The third kappa shape index (κ3) is 1.72. The lowest BCUT2D eigenvalue weighted by Crippen LogP contribution is -2.29.